The van der Waals surface area contributed by atoms with Gasteiger partial charge in [0.2, 0.25) is 18.0 Å². The van der Waals surface area contributed by atoms with Crippen LogP contribution in [0, 0.1) is 34.4 Å². The second kappa shape index (κ2) is 16.5. The highest BCUT2D eigenvalue weighted by Crippen LogP contribution is 2.67. The fraction of sp³-hybridized carbons (Fsp3) is 0.644. The maximum atomic E-state index is 15.7. The summed E-state index contributed by atoms with van der Waals surface area (Å²) in [6.45, 7) is 3.34. The van der Waals surface area contributed by atoms with E-state index in [-0.39, 0.29) is 70.0 Å². The first-order chi connectivity index (χ1) is 29.0. The summed E-state index contributed by atoms with van der Waals surface area (Å²) in [5.74, 6) is -4.25. The lowest BCUT2D eigenvalue weighted by Crippen LogP contribution is -2.62. The number of halogens is 2. The molecule has 1 aromatic heterocycles. The molecule has 0 bridgehead atoms. The number of hydrogen-bond acceptors (Lipinski definition) is 13. The summed E-state index contributed by atoms with van der Waals surface area (Å²) in [7, 11) is 0. The van der Waals surface area contributed by atoms with Crippen molar-refractivity contribution in [2.45, 2.75) is 128 Å². The van der Waals surface area contributed by atoms with Crippen molar-refractivity contribution >= 4 is 57.7 Å². The van der Waals surface area contributed by atoms with E-state index in [4.69, 9.17) is 31.5 Å². The highest BCUT2D eigenvalue weighted by molar-refractivity contribution is 6.38. The third kappa shape index (κ3) is 7.71. The van der Waals surface area contributed by atoms with E-state index < -0.39 is 83.9 Å². The Bertz CT molecular complexity index is 2260. The average Bonchev–Trinajstić information content (AvgIpc) is 4.04. The van der Waals surface area contributed by atoms with Crippen molar-refractivity contribution in [2.75, 3.05) is 31.4 Å². The first-order valence-corrected chi connectivity index (χ1v) is 22.1. The molecule has 0 radical (unpaired) electrons. The fourth-order valence-corrected chi connectivity index (χ4v) is 12.3. The molecule has 8 atom stereocenters. The van der Waals surface area contributed by atoms with E-state index in [0.717, 1.165) is 56.6 Å². The van der Waals surface area contributed by atoms with Crippen LogP contribution in [0.2, 0.25) is 5.02 Å². The van der Waals surface area contributed by atoms with E-state index in [1.165, 1.54) is 6.20 Å². The van der Waals surface area contributed by atoms with Crippen LogP contribution >= 0.6 is 11.6 Å². The Morgan fingerprint density at radius 1 is 0.984 bits per heavy atom. The van der Waals surface area contributed by atoms with Crippen LogP contribution in [-0.2, 0) is 33.4 Å². The van der Waals surface area contributed by atoms with E-state index >= 15 is 4.39 Å². The van der Waals surface area contributed by atoms with Crippen molar-refractivity contribution in [3.63, 3.8) is 0 Å². The van der Waals surface area contributed by atoms with Gasteiger partial charge in [-0.25, -0.2) is 9.18 Å². The monoisotopic (exact) mass is 867 g/mol. The molecule has 0 amide bonds. The molecule has 8 rings (SSSR count). The van der Waals surface area contributed by atoms with Crippen LogP contribution in [0.4, 0.5) is 10.1 Å². The predicted molar refractivity (Wildman–Crippen MR) is 220 cm³/mol. The summed E-state index contributed by atoms with van der Waals surface area (Å²) in [6, 6.07) is 0.854. The summed E-state index contributed by atoms with van der Waals surface area (Å²) in [5, 5.41) is 23.6. The summed E-state index contributed by atoms with van der Waals surface area (Å²) in [6.07, 6.45) is 8.91. The van der Waals surface area contributed by atoms with Gasteiger partial charge in [-0.3, -0.25) is 24.0 Å². The Balaban J connectivity index is 0.840. The normalized spacial score (nSPS) is 32.2. The van der Waals surface area contributed by atoms with Crippen molar-refractivity contribution in [2.24, 2.45) is 34.3 Å². The first kappa shape index (κ1) is 43.5. The Kier molecular flexibility index (Phi) is 11.8. The number of anilines is 1. The molecular weight excluding hydrogens is 813 g/mol. The minimum atomic E-state index is -1.83. The lowest BCUT2D eigenvalue weighted by molar-refractivity contribution is -0.184. The van der Waals surface area contributed by atoms with Gasteiger partial charge in [0.1, 0.15) is 17.0 Å². The number of ketones is 2. The molecule has 1 aromatic carbocycles. The van der Waals surface area contributed by atoms with Crippen molar-refractivity contribution in [3.8, 4) is 0 Å². The number of aliphatic hydroxyl groups is 2. The minimum Gasteiger partial charge on any atom is -0.458 e. The van der Waals surface area contributed by atoms with Gasteiger partial charge in [0.25, 0.3) is 0 Å². The van der Waals surface area contributed by atoms with Gasteiger partial charge in [0, 0.05) is 43.2 Å². The molecule has 5 aliphatic carbocycles. The maximum Gasteiger partial charge on any atom is 0.346 e. The zero-order chi connectivity index (χ0) is 43.6. The van der Waals surface area contributed by atoms with Gasteiger partial charge in [-0.05, 0) is 99.5 Å². The van der Waals surface area contributed by atoms with Gasteiger partial charge in [-0.1, -0.05) is 37.4 Å². The Morgan fingerprint density at radius 3 is 2.46 bits per heavy atom. The highest BCUT2D eigenvalue weighted by atomic mass is 35.5. The number of esters is 3. The molecule has 4 N–H and O–H groups in total. The standard InChI is InChI=1S/C45H55ClFN3O11/c1-43-14-12-27(51)17-24(43)6-9-28-31-13-15-45(58,44(31,2)19-33(52)37(28)43)34(53)22-59-35(54)10-11-36(55)60-23-61-42(57)30-21-50(26-7-8-26)39-29(41(30)56)18-32(47)40(38(39)46)49-16-4-3-5-25(48)20-49/h17-18,21,25-26,28,31,33,37,52,58H,3-16,19-20,22-23,48H2,1-2H3/t25-,28?,31?,33+,37?,43+,44+,45+/m1/s1. The molecule has 14 nitrogen and oxygen atoms in total. The molecule has 1 aliphatic heterocycles. The largest absolute Gasteiger partial charge is 0.458 e. The van der Waals surface area contributed by atoms with Gasteiger partial charge in [-0.15, -0.1) is 0 Å². The van der Waals surface area contributed by atoms with Gasteiger partial charge in [0.05, 0.1) is 40.6 Å². The Hall–Kier alpha value is -4.18. The molecule has 330 valence electrons. The molecule has 2 aromatic rings. The van der Waals surface area contributed by atoms with Gasteiger partial charge in [-0.2, -0.15) is 0 Å². The van der Waals surface area contributed by atoms with Crippen LogP contribution in [0.15, 0.2) is 28.7 Å². The molecule has 2 heterocycles. The zero-order valence-electron chi connectivity index (χ0n) is 34.7. The molecule has 1 saturated heterocycles. The van der Waals surface area contributed by atoms with E-state index in [0.29, 0.717) is 37.9 Å². The molecule has 3 unspecified atom stereocenters. The predicted octanol–water partition coefficient (Wildman–Crippen LogP) is 5.23. The number of nitrogens with zero attached hydrogens (tertiary/aromatic N) is 2. The SMILES string of the molecule is C[C@]12CCC(=O)C=C1CCC1C2[C@@H](O)C[C@@]2(C)C1CC[C@]2(O)C(=O)COC(=O)CCC(=O)OCOC(=O)c1cn(C2CC2)c2c(Cl)c(N3CCCC[C@@H](N)C3)c(F)cc2c1=O. The minimum absolute atomic E-state index is 0.0463. The Morgan fingerprint density at radius 2 is 1.72 bits per heavy atom. The number of Topliss-reactive ketones (excluding diaryl/α,β-unsaturated/α-hetero) is 1. The highest BCUT2D eigenvalue weighted by Gasteiger charge is 2.68. The van der Waals surface area contributed by atoms with E-state index in [1.54, 1.807) is 10.6 Å². The average molecular weight is 868 g/mol. The topological polar surface area (TPSA) is 205 Å². The van der Waals surface area contributed by atoms with Crippen LogP contribution in [0.3, 0.4) is 0 Å². The van der Waals surface area contributed by atoms with E-state index in [1.807, 2.05) is 11.8 Å². The van der Waals surface area contributed by atoms with Crippen molar-refractivity contribution in [3.05, 3.63) is 50.5 Å². The number of ether oxygens (including phenoxy) is 3. The maximum absolute atomic E-state index is 15.7. The summed E-state index contributed by atoms with van der Waals surface area (Å²) >= 11 is 6.85. The van der Waals surface area contributed by atoms with Crippen LogP contribution < -0.4 is 16.1 Å². The number of benzene rings is 1. The van der Waals surface area contributed by atoms with Crippen LogP contribution in [-0.4, -0.2) is 88.5 Å². The number of nitrogens with two attached hydrogens (primary N) is 1. The third-order valence-corrected chi connectivity index (χ3v) is 15.5. The number of hydrogen-bond donors (Lipinski definition) is 3. The molecular formula is C45H55ClFN3O11. The number of aliphatic hydroxyl groups excluding tert-OH is 1. The van der Waals surface area contributed by atoms with Crippen molar-refractivity contribution in [1.82, 2.24) is 4.57 Å². The Labute approximate surface area is 357 Å². The second-order valence-electron chi connectivity index (χ2n) is 18.8. The lowest BCUT2D eigenvalue weighted by Gasteiger charge is -2.60. The van der Waals surface area contributed by atoms with Gasteiger partial charge >= 0.3 is 17.9 Å². The quantitative estimate of drug-likeness (QED) is 0.196. The zero-order valence-corrected chi connectivity index (χ0v) is 35.5. The lowest BCUT2D eigenvalue weighted by atomic mass is 9.45. The molecule has 6 aliphatic rings. The van der Waals surface area contributed by atoms with Crippen molar-refractivity contribution < 1.29 is 52.8 Å². The number of aromatic nitrogens is 1. The molecule has 61 heavy (non-hydrogen) atoms. The van der Waals surface area contributed by atoms with Crippen LogP contribution in [0.1, 0.15) is 120 Å². The summed E-state index contributed by atoms with van der Waals surface area (Å²) in [5.41, 5.74) is 3.51. The van der Waals surface area contributed by atoms with Gasteiger partial charge in [0.15, 0.2) is 12.4 Å². The molecule has 4 saturated carbocycles. The van der Waals surface area contributed by atoms with E-state index in [2.05, 4.69) is 6.92 Å². The number of fused-ring (bicyclic) bond motifs is 6. The second-order valence-corrected chi connectivity index (χ2v) is 19.1. The number of allylic oxidation sites excluding steroid dienone is 1. The summed E-state index contributed by atoms with van der Waals surface area (Å²) in [4.78, 5) is 79.5. The van der Waals surface area contributed by atoms with Crippen LogP contribution in [0.25, 0.3) is 10.9 Å². The summed E-state index contributed by atoms with van der Waals surface area (Å²) < 4.78 is 32.7. The van der Waals surface area contributed by atoms with Crippen molar-refractivity contribution in [1.29, 1.82) is 0 Å². The molecule has 16 heteroatoms. The third-order valence-electron chi connectivity index (χ3n) is 15.2. The molecule has 5 fully saturated rings. The number of rotatable bonds is 11. The number of pyridine rings is 1. The van der Waals surface area contributed by atoms with Gasteiger partial charge < -0.3 is 39.6 Å². The number of carbonyl (C=O) groups is 5. The van der Waals surface area contributed by atoms with Crippen LogP contribution in [0.5, 0.6) is 0 Å². The fourth-order valence-electron chi connectivity index (χ4n) is 11.9. The smallest absolute Gasteiger partial charge is 0.346 e. The number of carbonyl (C=O) groups excluding carboxylic acids is 5. The first-order valence-electron chi connectivity index (χ1n) is 21.7. The van der Waals surface area contributed by atoms with E-state index in [9.17, 15) is 39.0 Å². The molecule has 0 spiro atoms.